The summed E-state index contributed by atoms with van der Waals surface area (Å²) in [5, 5.41) is 8.97. The van der Waals surface area contributed by atoms with Crippen LogP contribution in [0.5, 0.6) is 0 Å². The average Bonchev–Trinajstić information content (AvgIpc) is 3.61. The van der Waals surface area contributed by atoms with E-state index in [-0.39, 0.29) is 54.2 Å². The van der Waals surface area contributed by atoms with Crippen molar-refractivity contribution in [3.05, 3.63) is 11.1 Å². The van der Waals surface area contributed by atoms with Crippen molar-refractivity contribution < 1.29 is 38.4 Å². The highest BCUT2D eigenvalue weighted by Crippen LogP contribution is 2.79. The molecular weight excluding hydrogens is 416 g/mol. The summed E-state index contributed by atoms with van der Waals surface area (Å²) in [6, 6.07) is 0. The van der Waals surface area contributed by atoms with E-state index < -0.39 is 29.2 Å². The lowest BCUT2D eigenvalue weighted by Gasteiger charge is -2.54. The van der Waals surface area contributed by atoms with Crippen LogP contribution in [0.4, 0.5) is 0 Å². The van der Waals surface area contributed by atoms with Crippen LogP contribution in [0.15, 0.2) is 11.1 Å². The van der Waals surface area contributed by atoms with E-state index in [9.17, 15) is 14.4 Å². The van der Waals surface area contributed by atoms with Gasteiger partial charge in [0.1, 0.15) is 18.3 Å². The van der Waals surface area contributed by atoms with Crippen LogP contribution < -0.4 is 0 Å². The summed E-state index contributed by atoms with van der Waals surface area (Å²) in [6.07, 6.45) is 2.13. The summed E-state index contributed by atoms with van der Waals surface area (Å²) >= 11 is 0. The number of esters is 2. The Bertz CT molecular complexity index is 954. The number of carbonyl (C=O) groups is 3. The number of carboxylic acids is 1. The van der Waals surface area contributed by atoms with Gasteiger partial charge >= 0.3 is 17.9 Å². The summed E-state index contributed by atoms with van der Waals surface area (Å²) < 4.78 is 24.5. The van der Waals surface area contributed by atoms with Gasteiger partial charge in [-0.1, -0.05) is 20.8 Å². The fraction of sp³-hybridized carbons (Fsp3) is 0.792. The average molecular weight is 446 g/mol. The first-order valence-electron chi connectivity index (χ1n) is 11.8. The predicted molar refractivity (Wildman–Crippen MR) is 108 cm³/mol. The van der Waals surface area contributed by atoms with Gasteiger partial charge in [-0.15, -0.1) is 0 Å². The van der Waals surface area contributed by atoms with Crippen molar-refractivity contribution in [2.24, 2.45) is 23.2 Å². The minimum Gasteiger partial charge on any atom is -0.481 e. The number of carbonyl (C=O) groups excluding carboxylic acids is 2. The monoisotopic (exact) mass is 446 g/mol. The third kappa shape index (κ3) is 2.32. The number of epoxide rings is 2. The Hall–Kier alpha value is -1.93. The molecule has 6 aliphatic rings. The third-order valence-corrected chi connectivity index (χ3v) is 9.39. The standard InChI is InChI=1S/C24H30O8/c1-11(2)13-8-17-24(32-17)22(3)7-6-12-14(10-29-21(12)28)15(22)9-16-23(24,31-16)20(13)30-19(27)5-4-18(25)26/h11,13,15-17,20H,4-10H2,1-3H3,(H,25,26). The van der Waals surface area contributed by atoms with E-state index in [1.807, 2.05) is 0 Å². The van der Waals surface area contributed by atoms with E-state index >= 15 is 0 Å². The van der Waals surface area contributed by atoms with Crippen LogP contribution in [0.1, 0.15) is 59.3 Å². The molecule has 8 atom stereocenters. The van der Waals surface area contributed by atoms with Crippen LogP contribution in [0.2, 0.25) is 0 Å². The second-order valence-corrected chi connectivity index (χ2v) is 11.0. The first-order chi connectivity index (χ1) is 15.2. The van der Waals surface area contributed by atoms with Crippen molar-refractivity contribution >= 4 is 17.9 Å². The number of hydrogen-bond donors (Lipinski definition) is 1. The lowest BCUT2D eigenvalue weighted by molar-refractivity contribution is -0.170. The van der Waals surface area contributed by atoms with E-state index in [1.54, 1.807) is 0 Å². The summed E-state index contributed by atoms with van der Waals surface area (Å²) in [7, 11) is 0. The smallest absolute Gasteiger partial charge is 0.334 e. The highest BCUT2D eigenvalue weighted by Gasteiger charge is 2.93. The Morgan fingerprint density at radius 3 is 2.69 bits per heavy atom. The van der Waals surface area contributed by atoms with Crippen LogP contribution in [0, 0.1) is 23.2 Å². The number of carboxylic acid groups (broad SMARTS) is 1. The van der Waals surface area contributed by atoms with E-state index in [2.05, 4.69) is 20.8 Å². The summed E-state index contributed by atoms with van der Waals surface area (Å²) in [6.45, 7) is 6.86. The number of fused-ring (bicyclic) bond motifs is 2. The molecule has 3 aliphatic carbocycles. The zero-order chi connectivity index (χ0) is 22.6. The molecule has 8 nitrogen and oxygen atoms in total. The molecule has 8 heteroatoms. The van der Waals surface area contributed by atoms with Crippen LogP contribution in [-0.4, -0.2) is 59.1 Å². The van der Waals surface area contributed by atoms with Gasteiger partial charge in [-0.2, -0.15) is 0 Å². The van der Waals surface area contributed by atoms with Crippen molar-refractivity contribution in [2.45, 2.75) is 88.8 Å². The SMILES string of the molecule is CC(C)C1CC2OC23C2(C)CCC4=C(COC4=O)C2CC2OC23C1OC(=O)CCC(=O)O. The van der Waals surface area contributed by atoms with Crippen LogP contribution in [-0.2, 0) is 33.3 Å². The molecule has 0 aromatic rings. The molecule has 0 radical (unpaired) electrons. The zero-order valence-corrected chi connectivity index (χ0v) is 18.7. The van der Waals surface area contributed by atoms with Crippen molar-refractivity contribution in [2.75, 3.05) is 6.61 Å². The van der Waals surface area contributed by atoms with Crippen molar-refractivity contribution in [3.63, 3.8) is 0 Å². The molecule has 174 valence electrons. The van der Waals surface area contributed by atoms with Gasteiger partial charge in [0.2, 0.25) is 0 Å². The van der Waals surface area contributed by atoms with Crippen molar-refractivity contribution in [1.82, 2.24) is 0 Å². The van der Waals surface area contributed by atoms with E-state index in [0.717, 1.165) is 30.4 Å². The van der Waals surface area contributed by atoms with Gasteiger partial charge in [0.25, 0.3) is 0 Å². The molecule has 8 unspecified atom stereocenters. The first kappa shape index (κ1) is 20.7. The Balaban J connectivity index is 1.37. The van der Waals surface area contributed by atoms with E-state index in [4.69, 9.17) is 24.1 Å². The van der Waals surface area contributed by atoms with E-state index in [1.165, 1.54) is 0 Å². The second-order valence-electron chi connectivity index (χ2n) is 11.0. The summed E-state index contributed by atoms with van der Waals surface area (Å²) in [5.41, 5.74) is 0.488. The molecule has 0 bridgehead atoms. The lowest BCUT2D eigenvalue weighted by Crippen LogP contribution is -2.67. The summed E-state index contributed by atoms with van der Waals surface area (Å²) in [5.74, 6) is -1.18. The molecule has 6 rings (SSSR count). The van der Waals surface area contributed by atoms with Crippen molar-refractivity contribution in [1.29, 1.82) is 0 Å². The van der Waals surface area contributed by atoms with Crippen LogP contribution >= 0.6 is 0 Å². The molecule has 2 spiro atoms. The van der Waals surface area contributed by atoms with E-state index in [0.29, 0.717) is 13.0 Å². The number of hydrogen-bond acceptors (Lipinski definition) is 7. The maximum atomic E-state index is 12.6. The molecule has 1 N–H and O–H groups in total. The minimum atomic E-state index is -1.01. The fourth-order valence-electron chi connectivity index (χ4n) is 7.83. The van der Waals surface area contributed by atoms with Gasteiger partial charge in [-0.3, -0.25) is 9.59 Å². The van der Waals surface area contributed by atoms with Gasteiger partial charge in [-0.25, -0.2) is 4.79 Å². The fourth-order valence-corrected chi connectivity index (χ4v) is 7.83. The molecular formula is C24H30O8. The second kappa shape index (κ2) is 6.35. The van der Waals surface area contributed by atoms with Gasteiger partial charge in [0.15, 0.2) is 5.60 Å². The van der Waals surface area contributed by atoms with Gasteiger partial charge < -0.3 is 24.1 Å². The molecule has 0 aromatic heterocycles. The molecule has 3 heterocycles. The molecule has 3 aliphatic heterocycles. The Labute approximate surface area is 186 Å². The lowest BCUT2D eigenvalue weighted by atomic mass is 9.46. The maximum Gasteiger partial charge on any atom is 0.334 e. The Morgan fingerprint density at radius 2 is 1.97 bits per heavy atom. The predicted octanol–water partition coefficient (Wildman–Crippen LogP) is 2.39. The largest absolute Gasteiger partial charge is 0.481 e. The highest BCUT2D eigenvalue weighted by molar-refractivity contribution is 5.92. The molecule has 4 fully saturated rings. The molecule has 2 saturated carbocycles. The normalized spacial score (nSPS) is 47.5. The van der Waals surface area contributed by atoms with Crippen molar-refractivity contribution in [3.8, 4) is 0 Å². The topological polar surface area (TPSA) is 115 Å². The highest BCUT2D eigenvalue weighted by atomic mass is 16.7. The minimum absolute atomic E-state index is 0.0434. The first-order valence-corrected chi connectivity index (χ1v) is 11.8. The Kier molecular flexibility index (Phi) is 4.10. The van der Waals surface area contributed by atoms with Gasteiger partial charge in [-0.05, 0) is 43.1 Å². The molecule has 2 saturated heterocycles. The number of rotatable bonds is 5. The number of ether oxygens (including phenoxy) is 4. The van der Waals surface area contributed by atoms with Gasteiger partial charge in [0.05, 0.1) is 25.0 Å². The third-order valence-electron chi connectivity index (χ3n) is 9.39. The van der Waals surface area contributed by atoms with Crippen LogP contribution in [0.25, 0.3) is 0 Å². The molecule has 0 amide bonds. The molecule has 32 heavy (non-hydrogen) atoms. The molecule has 0 aromatic carbocycles. The number of aliphatic carboxylic acids is 1. The van der Waals surface area contributed by atoms with Crippen LogP contribution in [0.3, 0.4) is 0 Å². The number of cyclic esters (lactones) is 1. The quantitative estimate of drug-likeness (QED) is 0.506. The zero-order valence-electron chi connectivity index (χ0n) is 18.7. The maximum absolute atomic E-state index is 12.6. The van der Waals surface area contributed by atoms with Gasteiger partial charge in [0, 0.05) is 16.9 Å². The summed E-state index contributed by atoms with van der Waals surface area (Å²) in [4.78, 5) is 35.8. The Morgan fingerprint density at radius 1 is 1.19 bits per heavy atom.